The summed E-state index contributed by atoms with van der Waals surface area (Å²) in [5, 5.41) is 11.5. The largest absolute Gasteiger partial charge is 0.333 e. The molecule has 3 heterocycles. The molecule has 3 rings (SSSR count). The summed E-state index contributed by atoms with van der Waals surface area (Å²) in [5.41, 5.74) is 7.97. The van der Waals surface area contributed by atoms with E-state index >= 15 is 0 Å². The number of rotatable bonds is 4. The third-order valence-corrected chi connectivity index (χ3v) is 4.15. The molecule has 0 saturated carbocycles. The Labute approximate surface area is 131 Å². The molecule has 1 fully saturated rings. The van der Waals surface area contributed by atoms with Gasteiger partial charge in [0.25, 0.3) is 0 Å². The molecule has 0 radical (unpaired) electrons. The number of carbonyl (C=O) groups excluding carboxylic acids is 1. The minimum Gasteiger partial charge on any atom is -0.333 e. The summed E-state index contributed by atoms with van der Waals surface area (Å²) >= 11 is 1.40. The summed E-state index contributed by atoms with van der Waals surface area (Å²) in [6, 6.07) is 1.83. The van der Waals surface area contributed by atoms with E-state index in [-0.39, 0.29) is 18.5 Å². The molecule has 2 aromatic rings. The SMILES string of the molecule is Cc1nc(Nc2nncs2)cc([C@@H]2CCCN2C(=O)CN)n1. The van der Waals surface area contributed by atoms with Crippen molar-refractivity contribution < 1.29 is 4.79 Å². The minimum atomic E-state index is -0.0441. The molecule has 1 aliphatic rings. The fourth-order valence-corrected chi connectivity index (χ4v) is 3.10. The maximum Gasteiger partial charge on any atom is 0.236 e. The molecule has 1 aliphatic heterocycles. The Hall–Kier alpha value is -2.13. The van der Waals surface area contributed by atoms with E-state index in [0.717, 1.165) is 25.1 Å². The van der Waals surface area contributed by atoms with Gasteiger partial charge in [-0.15, -0.1) is 10.2 Å². The Morgan fingerprint density at radius 1 is 1.55 bits per heavy atom. The van der Waals surface area contributed by atoms with E-state index in [1.807, 2.05) is 13.0 Å². The second kappa shape index (κ2) is 6.32. The molecule has 1 atom stereocenters. The molecule has 0 aromatic carbocycles. The summed E-state index contributed by atoms with van der Waals surface area (Å²) in [4.78, 5) is 22.6. The van der Waals surface area contributed by atoms with E-state index in [0.29, 0.717) is 16.8 Å². The van der Waals surface area contributed by atoms with Gasteiger partial charge in [-0.3, -0.25) is 4.79 Å². The lowest BCUT2D eigenvalue weighted by Crippen LogP contribution is -2.35. The third-order valence-electron chi connectivity index (χ3n) is 3.54. The summed E-state index contributed by atoms with van der Waals surface area (Å²) < 4.78 is 0. The van der Waals surface area contributed by atoms with E-state index in [4.69, 9.17) is 5.73 Å². The maximum atomic E-state index is 11.9. The Morgan fingerprint density at radius 3 is 3.14 bits per heavy atom. The zero-order valence-corrected chi connectivity index (χ0v) is 13.0. The molecule has 1 saturated heterocycles. The molecule has 3 N–H and O–H groups in total. The summed E-state index contributed by atoms with van der Waals surface area (Å²) in [6.07, 6.45) is 1.85. The van der Waals surface area contributed by atoms with Crippen molar-refractivity contribution in [3.05, 3.63) is 23.1 Å². The van der Waals surface area contributed by atoms with Gasteiger partial charge in [0.05, 0.1) is 18.3 Å². The first-order chi connectivity index (χ1) is 10.7. The van der Waals surface area contributed by atoms with E-state index in [1.165, 1.54) is 11.3 Å². The molecule has 0 aliphatic carbocycles. The lowest BCUT2D eigenvalue weighted by molar-refractivity contribution is -0.130. The van der Waals surface area contributed by atoms with Crippen LogP contribution in [0.2, 0.25) is 0 Å². The highest BCUT2D eigenvalue weighted by molar-refractivity contribution is 7.13. The number of likely N-dealkylation sites (tertiary alicyclic amines) is 1. The molecule has 8 nitrogen and oxygen atoms in total. The standard InChI is InChI=1S/C13H17N7OS/c1-8-16-9(10-3-2-4-20(10)12(21)6-14)5-11(17-8)18-13-19-15-7-22-13/h5,7,10H,2-4,6,14H2,1H3,(H,16,17,18,19)/t10-/m0/s1. The molecular formula is C13H17N7OS. The van der Waals surface area contributed by atoms with Crippen molar-refractivity contribution in [3.63, 3.8) is 0 Å². The van der Waals surface area contributed by atoms with Gasteiger partial charge in [-0.1, -0.05) is 11.3 Å². The number of amides is 1. The average molecular weight is 319 g/mol. The lowest BCUT2D eigenvalue weighted by atomic mass is 10.1. The van der Waals surface area contributed by atoms with E-state index in [9.17, 15) is 4.79 Å². The molecule has 116 valence electrons. The first kappa shape index (κ1) is 14.8. The lowest BCUT2D eigenvalue weighted by Gasteiger charge is -2.24. The average Bonchev–Trinajstić information content (AvgIpc) is 3.16. The van der Waals surface area contributed by atoms with Crippen LogP contribution in [0.5, 0.6) is 0 Å². The Bertz CT molecular complexity index is 660. The van der Waals surface area contributed by atoms with Gasteiger partial charge < -0.3 is 16.0 Å². The quantitative estimate of drug-likeness (QED) is 0.865. The maximum absolute atomic E-state index is 11.9. The van der Waals surface area contributed by atoms with Crippen molar-refractivity contribution in [2.24, 2.45) is 5.73 Å². The number of carbonyl (C=O) groups is 1. The molecule has 0 unspecified atom stereocenters. The van der Waals surface area contributed by atoms with Crippen LogP contribution in [0.4, 0.5) is 10.9 Å². The molecular weight excluding hydrogens is 302 g/mol. The number of aromatic nitrogens is 4. The van der Waals surface area contributed by atoms with Crippen LogP contribution in [0.1, 0.15) is 30.4 Å². The number of hydrogen-bond donors (Lipinski definition) is 2. The van der Waals surface area contributed by atoms with Gasteiger partial charge >= 0.3 is 0 Å². The fourth-order valence-electron chi connectivity index (χ4n) is 2.65. The van der Waals surface area contributed by atoms with Crippen LogP contribution in [0.15, 0.2) is 11.6 Å². The van der Waals surface area contributed by atoms with Crippen molar-refractivity contribution in [2.45, 2.75) is 25.8 Å². The first-order valence-electron chi connectivity index (χ1n) is 7.05. The van der Waals surface area contributed by atoms with Crippen molar-refractivity contribution >= 4 is 28.2 Å². The van der Waals surface area contributed by atoms with Crippen molar-refractivity contribution in [2.75, 3.05) is 18.4 Å². The Kier molecular flexibility index (Phi) is 4.25. The van der Waals surface area contributed by atoms with Crippen LogP contribution in [-0.4, -0.2) is 44.1 Å². The summed E-state index contributed by atoms with van der Waals surface area (Å²) in [7, 11) is 0. The van der Waals surface area contributed by atoms with Crippen LogP contribution < -0.4 is 11.1 Å². The van der Waals surface area contributed by atoms with Crippen LogP contribution in [0.3, 0.4) is 0 Å². The molecule has 0 spiro atoms. The Morgan fingerprint density at radius 2 is 2.41 bits per heavy atom. The van der Waals surface area contributed by atoms with E-state index in [1.54, 1.807) is 10.4 Å². The smallest absolute Gasteiger partial charge is 0.236 e. The fraction of sp³-hybridized carbons (Fsp3) is 0.462. The number of hydrogen-bond acceptors (Lipinski definition) is 8. The van der Waals surface area contributed by atoms with Gasteiger partial charge in [-0.25, -0.2) is 9.97 Å². The van der Waals surface area contributed by atoms with Crippen molar-refractivity contribution in [1.29, 1.82) is 0 Å². The summed E-state index contributed by atoms with van der Waals surface area (Å²) in [6.45, 7) is 2.58. The van der Waals surface area contributed by atoms with Gasteiger partial charge in [-0.2, -0.15) is 0 Å². The minimum absolute atomic E-state index is 0.0243. The van der Waals surface area contributed by atoms with Crippen LogP contribution in [-0.2, 0) is 4.79 Å². The zero-order valence-electron chi connectivity index (χ0n) is 12.2. The van der Waals surface area contributed by atoms with Gasteiger partial charge in [0, 0.05) is 12.6 Å². The molecule has 22 heavy (non-hydrogen) atoms. The summed E-state index contributed by atoms with van der Waals surface area (Å²) in [5.74, 6) is 1.26. The van der Waals surface area contributed by atoms with Crippen LogP contribution in [0.25, 0.3) is 0 Å². The number of nitrogens with two attached hydrogens (primary N) is 1. The highest BCUT2D eigenvalue weighted by atomic mass is 32.1. The van der Waals surface area contributed by atoms with Crippen LogP contribution >= 0.6 is 11.3 Å². The first-order valence-corrected chi connectivity index (χ1v) is 7.93. The topological polar surface area (TPSA) is 110 Å². The Balaban J connectivity index is 1.87. The van der Waals surface area contributed by atoms with E-state index in [2.05, 4.69) is 25.5 Å². The predicted molar refractivity (Wildman–Crippen MR) is 82.7 cm³/mol. The predicted octanol–water partition coefficient (Wildman–Crippen LogP) is 1.00. The van der Waals surface area contributed by atoms with Gasteiger partial charge in [0.1, 0.15) is 17.2 Å². The highest BCUT2D eigenvalue weighted by Gasteiger charge is 2.30. The molecule has 0 bridgehead atoms. The molecule has 9 heteroatoms. The number of anilines is 2. The normalized spacial score (nSPS) is 17.7. The number of aryl methyl sites for hydroxylation is 1. The van der Waals surface area contributed by atoms with Crippen molar-refractivity contribution in [3.8, 4) is 0 Å². The molecule has 1 amide bonds. The van der Waals surface area contributed by atoms with Crippen molar-refractivity contribution in [1.82, 2.24) is 25.1 Å². The second-order valence-electron chi connectivity index (χ2n) is 5.04. The second-order valence-corrected chi connectivity index (χ2v) is 5.88. The number of nitrogens with zero attached hydrogens (tertiary/aromatic N) is 5. The van der Waals surface area contributed by atoms with E-state index < -0.39 is 0 Å². The van der Waals surface area contributed by atoms with Gasteiger partial charge in [-0.05, 0) is 19.8 Å². The van der Waals surface area contributed by atoms with Crippen LogP contribution in [0, 0.1) is 6.92 Å². The zero-order chi connectivity index (χ0) is 15.5. The highest BCUT2D eigenvalue weighted by Crippen LogP contribution is 2.32. The monoisotopic (exact) mass is 319 g/mol. The van der Waals surface area contributed by atoms with Gasteiger partial charge in [0.2, 0.25) is 11.0 Å². The molecule has 2 aromatic heterocycles. The third kappa shape index (κ3) is 3.04. The van der Waals surface area contributed by atoms with Gasteiger partial charge in [0.15, 0.2) is 0 Å². The number of nitrogens with one attached hydrogen (secondary N) is 1.